The lowest BCUT2D eigenvalue weighted by Crippen LogP contribution is -2.49. The summed E-state index contributed by atoms with van der Waals surface area (Å²) in [4.78, 5) is 34.8. The van der Waals surface area contributed by atoms with Crippen LogP contribution in [0.5, 0.6) is 0 Å². The molecule has 2 amide bonds. The first-order chi connectivity index (χ1) is 10.8. The second-order valence-electron chi connectivity index (χ2n) is 6.37. The third-order valence-corrected chi connectivity index (χ3v) is 3.58. The lowest BCUT2D eigenvalue weighted by Gasteiger charge is -2.20. The van der Waals surface area contributed by atoms with E-state index in [4.69, 9.17) is 14.9 Å². The van der Waals surface area contributed by atoms with Crippen molar-refractivity contribution >= 4 is 17.8 Å². The Labute approximate surface area is 135 Å². The fraction of sp³-hybridized carbons (Fsp3) is 0.800. The fourth-order valence-corrected chi connectivity index (χ4v) is 2.11. The molecule has 1 aliphatic heterocycles. The van der Waals surface area contributed by atoms with Crippen LogP contribution in [0.3, 0.4) is 0 Å². The Morgan fingerprint density at radius 2 is 1.83 bits per heavy atom. The van der Waals surface area contributed by atoms with E-state index in [-0.39, 0.29) is 24.3 Å². The van der Waals surface area contributed by atoms with Crippen LogP contribution in [0.15, 0.2) is 0 Å². The quantitative estimate of drug-likeness (QED) is 0.400. The number of carboxylic acid groups (broad SMARTS) is 1. The van der Waals surface area contributed by atoms with Crippen molar-refractivity contribution in [1.29, 1.82) is 0 Å². The molecule has 1 heterocycles. The van der Waals surface area contributed by atoms with Crippen LogP contribution in [0.25, 0.3) is 0 Å². The molecule has 0 aromatic rings. The Morgan fingerprint density at radius 1 is 1.17 bits per heavy atom. The third-order valence-electron chi connectivity index (χ3n) is 3.58. The Bertz CT molecular complexity index is 440. The van der Waals surface area contributed by atoms with Gasteiger partial charge in [-0.05, 0) is 24.7 Å². The first-order valence-electron chi connectivity index (χ1n) is 7.83. The van der Waals surface area contributed by atoms with E-state index in [2.05, 4.69) is 10.6 Å². The number of hydrogen-bond donors (Lipinski definition) is 4. The van der Waals surface area contributed by atoms with E-state index >= 15 is 0 Å². The van der Waals surface area contributed by atoms with Crippen LogP contribution < -0.4 is 10.6 Å². The number of hydrogen-bond acceptors (Lipinski definition) is 5. The van der Waals surface area contributed by atoms with Crippen molar-refractivity contribution in [3.8, 4) is 0 Å². The highest BCUT2D eigenvalue weighted by Gasteiger charge is 2.51. The summed E-state index contributed by atoms with van der Waals surface area (Å²) in [6, 6.07) is -0.731. The largest absolute Gasteiger partial charge is 0.479 e. The molecule has 0 saturated carbocycles. The molecule has 0 aliphatic carbocycles. The van der Waals surface area contributed by atoms with E-state index in [1.165, 1.54) is 0 Å². The van der Waals surface area contributed by atoms with Crippen molar-refractivity contribution in [3.05, 3.63) is 0 Å². The molecule has 1 saturated heterocycles. The van der Waals surface area contributed by atoms with Gasteiger partial charge in [0.25, 0.3) is 5.91 Å². The van der Waals surface area contributed by atoms with Gasteiger partial charge in [0.1, 0.15) is 6.04 Å². The predicted octanol–water partition coefficient (Wildman–Crippen LogP) is -0.496. The van der Waals surface area contributed by atoms with E-state index in [9.17, 15) is 14.4 Å². The van der Waals surface area contributed by atoms with Crippen LogP contribution in [0.1, 0.15) is 33.6 Å². The zero-order valence-electron chi connectivity index (χ0n) is 13.7. The first kappa shape index (κ1) is 19.4. The van der Waals surface area contributed by atoms with Gasteiger partial charge < -0.3 is 25.6 Å². The van der Waals surface area contributed by atoms with Gasteiger partial charge in [0.05, 0.1) is 0 Å². The zero-order chi connectivity index (χ0) is 17.6. The number of epoxide rings is 1. The van der Waals surface area contributed by atoms with Gasteiger partial charge in [0.15, 0.2) is 12.2 Å². The number of carbonyl (C=O) groups is 3. The average molecular weight is 330 g/mol. The van der Waals surface area contributed by atoms with Gasteiger partial charge in [0.2, 0.25) is 5.91 Å². The summed E-state index contributed by atoms with van der Waals surface area (Å²) < 4.78 is 4.78. The van der Waals surface area contributed by atoms with Gasteiger partial charge in [0, 0.05) is 13.2 Å². The maximum Gasteiger partial charge on any atom is 0.336 e. The molecular formula is C15H26N2O6. The van der Waals surface area contributed by atoms with Crippen LogP contribution in [0.4, 0.5) is 0 Å². The summed E-state index contributed by atoms with van der Waals surface area (Å²) >= 11 is 0. The van der Waals surface area contributed by atoms with Gasteiger partial charge >= 0.3 is 5.97 Å². The Kier molecular flexibility index (Phi) is 7.44. The molecule has 8 nitrogen and oxygen atoms in total. The van der Waals surface area contributed by atoms with Crippen molar-refractivity contribution in [3.63, 3.8) is 0 Å². The molecule has 0 aromatic heterocycles. The molecule has 4 atom stereocenters. The minimum Gasteiger partial charge on any atom is -0.479 e. The molecule has 8 heteroatoms. The summed E-state index contributed by atoms with van der Waals surface area (Å²) in [5.74, 6) is -1.82. The second kappa shape index (κ2) is 8.83. The number of carboxylic acids is 1. The lowest BCUT2D eigenvalue weighted by atomic mass is 10.0. The highest BCUT2D eigenvalue weighted by atomic mass is 16.6. The number of carbonyl (C=O) groups excluding carboxylic acids is 2. The van der Waals surface area contributed by atoms with Crippen molar-refractivity contribution < 1.29 is 29.3 Å². The molecule has 0 unspecified atom stereocenters. The zero-order valence-corrected chi connectivity index (χ0v) is 13.7. The third kappa shape index (κ3) is 6.54. The number of aliphatic carboxylic acids is 1. The molecule has 1 fully saturated rings. The van der Waals surface area contributed by atoms with Crippen molar-refractivity contribution in [2.75, 3.05) is 13.2 Å². The SMILES string of the molecule is CC(C)C[C@H](NC(=O)[C@H]1O[C@@H]1C(=O)O)C(=O)NCC[C@H](C)CO. The Morgan fingerprint density at radius 3 is 2.30 bits per heavy atom. The van der Waals surface area contributed by atoms with E-state index in [1.54, 1.807) is 0 Å². The highest BCUT2D eigenvalue weighted by molar-refractivity contribution is 5.95. The molecule has 0 aromatic carbocycles. The smallest absolute Gasteiger partial charge is 0.336 e. The topological polar surface area (TPSA) is 128 Å². The molecule has 0 bridgehead atoms. The summed E-state index contributed by atoms with van der Waals surface area (Å²) in [5.41, 5.74) is 0. The molecule has 0 radical (unpaired) electrons. The number of aliphatic hydroxyl groups is 1. The predicted molar refractivity (Wildman–Crippen MR) is 81.6 cm³/mol. The van der Waals surface area contributed by atoms with Gasteiger partial charge in [-0.3, -0.25) is 9.59 Å². The van der Waals surface area contributed by atoms with E-state index < -0.39 is 30.1 Å². The molecule has 132 valence electrons. The molecule has 0 spiro atoms. The lowest BCUT2D eigenvalue weighted by molar-refractivity contribution is -0.138. The molecule has 1 aliphatic rings. The number of ether oxygens (including phenoxy) is 1. The number of rotatable bonds is 10. The number of aliphatic hydroxyl groups excluding tert-OH is 1. The van der Waals surface area contributed by atoms with E-state index in [1.807, 2.05) is 20.8 Å². The van der Waals surface area contributed by atoms with Gasteiger partial charge in [-0.15, -0.1) is 0 Å². The minimum atomic E-state index is -1.19. The average Bonchev–Trinajstić information content (AvgIpc) is 3.26. The molecule has 1 rings (SSSR count). The molecule has 4 N–H and O–H groups in total. The molecule has 23 heavy (non-hydrogen) atoms. The summed E-state index contributed by atoms with van der Waals surface area (Å²) in [6.45, 7) is 6.18. The molecular weight excluding hydrogens is 304 g/mol. The first-order valence-corrected chi connectivity index (χ1v) is 7.83. The van der Waals surface area contributed by atoms with Gasteiger partial charge in [-0.1, -0.05) is 20.8 Å². The van der Waals surface area contributed by atoms with Crippen molar-refractivity contribution in [2.24, 2.45) is 11.8 Å². The monoisotopic (exact) mass is 330 g/mol. The Hall–Kier alpha value is -1.67. The standard InChI is InChI=1S/C15H26N2O6/c1-8(2)6-10(13(19)16-5-4-9(3)7-18)17-14(20)11-12(23-11)15(21)22/h8-12,18H,4-7H2,1-3H3,(H,16,19)(H,17,20)(H,21,22)/t9-,10-,11-,12-/m0/s1. The summed E-state index contributed by atoms with van der Waals surface area (Å²) in [5, 5.41) is 23.0. The minimum absolute atomic E-state index is 0.0532. The van der Waals surface area contributed by atoms with Crippen LogP contribution in [-0.2, 0) is 19.1 Å². The van der Waals surface area contributed by atoms with Crippen molar-refractivity contribution in [1.82, 2.24) is 10.6 Å². The number of nitrogens with one attached hydrogen (secondary N) is 2. The maximum absolute atomic E-state index is 12.2. The van der Waals surface area contributed by atoms with Crippen LogP contribution >= 0.6 is 0 Å². The highest BCUT2D eigenvalue weighted by Crippen LogP contribution is 2.22. The summed E-state index contributed by atoms with van der Waals surface area (Å²) in [7, 11) is 0. The fourth-order valence-electron chi connectivity index (χ4n) is 2.11. The normalized spacial score (nSPS) is 22.3. The van der Waals surface area contributed by atoms with Crippen LogP contribution in [0, 0.1) is 11.8 Å². The van der Waals surface area contributed by atoms with Crippen molar-refractivity contribution in [2.45, 2.75) is 51.9 Å². The van der Waals surface area contributed by atoms with Crippen LogP contribution in [-0.4, -0.2) is 59.4 Å². The van der Waals surface area contributed by atoms with Gasteiger partial charge in [-0.2, -0.15) is 0 Å². The van der Waals surface area contributed by atoms with Crippen LogP contribution in [0.2, 0.25) is 0 Å². The van der Waals surface area contributed by atoms with E-state index in [0.717, 1.165) is 0 Å². The summed E-state index contributed by atoms with van der Waals surface area (Å²) in [6.07, 6.45) is -1.07. The van der Waals surface area contributed by atoms with E-state index in [0.29, 0.717) is 19.4 Å². The van der Waals surface area contributed by atoms with Gasteiger partial charge in [-0.25, -0.2) is 4.79 Å². The number of amides is 2. The Balaban J connectivity index is 2.50. The maximum atomic E-state index is 12.2. The second-order valence-corrected chi connectivity index (χ2v) is 6.37.